The number of carbonyl (C=O) groups is 1. The average Bonchev–Trinajstić information content (AvgIpc) is 2.01. The van der Waals surface area contributed by atoms with Gasteiger partial charge in [0.15, 0.2) is 0 Å². The molecule has 0 aliphatic rings. The van der Waals surface area contributed by atoms with Crippen LogP contribution in [0.1, 0.15) is 0 Å². The van der Waals surface area contributed by atoms with Crippen molar-refractivity contribution < 1.29 is 24.2 Å². The van der Waals surface area contributed by atoms with Crippen LogP contribution in [-0.2, 0) is 14.3 Å². The maximum atomic E-state index is 10.0. The molecule has 0 atom stereocenters. The van der Waals surface area contributed by atoms with Crippen molar-refractivity contribution in [2.24, 2.45) is 5.73 Å². The van der Waals surface area contributed by atoms with Gasteiger partial charge in [-0.1, -0.05) is 0 Å². The van der Waals surface area contributed by atoms with Crippen molar-refractivity contribution in [2.75, 3.05) is 26.4 Å². The normalized spacial score (nSPS) is 9.23. The van der Waals surface area contributed by atoms with Crippen LogP contribution in [0.5, 0.6) is 0 Å². The van der Waals surface area contributed by atoms with Gasteiger partial charge in [0.25, 0.3) is 5.09 Å². The third kappa shape index (κ3) is 10.4. The monoisotopic (exact) mass is 194 g/mol. The lowest BCUT2D eigenvalue weighted by Gasteiger charge is -2.02. The van der Waals surface area contributed by atoms with Crippen molar-refractivity contribution in [3.05, 3.63) is 10.1 Å². The number of hydrogen-bond acceptors (Lipinski definition) is 6. The van der Waals surface area contributed by atoms with Crippen molar-refractivity contribution in [3.8, 4) is 0 Å². The first-order valence-corrected chi connectivity index (χ1v) is 3.40. The van der Waals surface area contributed by atoms with Gasteiger partial charge in [0.05, 0.1) is 13.2 Å². The minimum absolute atomic E-state index is 0.0216. The van der Waals surface area contributed by atoms with E-state index >= 15 is 0 Å². The van der Waals surface area contributed by atoms with Gasteiger partial charge in [-0.2, -0.15) is 0 Å². The minimum atomic E-state index is -0.913. The van der Waals surface area contributed by atoms with Crippen LogP contribution in [0.15, 0.2) is 0 Å². The first-order valence-electron chi connectivity index (χ1n) is 3.40. The molecule has 0 saturated heterocycles. The van der Waals surface area contributed by atoms with Gasteiger partial charge in [0.1, 0.15) is 13.2 Å². The molecule has 1 amide bonds. The molecule has 13 heavy (non-hydrogen) atoms. The molecule has 76 valence electrons. The lowest BCUT2D eigenvalue weighted by molar-refractivity contribution is -0.758. The Kier molecular flexibility index (Phi) is 6.24. The largest absolute Gasteiger partial charge is 0.447 e. The fourth-order valence-corrected chi connectivity index (χ4v) is 0.474. The Hall–Kier alpha value is -1.57. The van der Waals surface area contributed by atoms with E-state index < -0.39 is 11.2 Å². The first kappa shape index (κ1) is 11.4. The van der Waals surface area contributed by atoms with E-state index in [1.54, 1.807) is 0 Å². The maximum absolute atomic E-state index is 10.0. The van der Waals surface area contributed by atoms with E-state index in [9.17, 15) is 14.9 Å². The molecule has 0 spiro atoms. The van der Waals surface area contributed by atoms with Crippen molar-refractivity contribution in [1.29, 1.82) is 0 Å². The van der Waals surface area contributed by atoms with E-state index in [0.29, 0.717) is 0 Å². The van der Waals surface area contributed by atoms with Crippen LogP contribution in [0.2, 0.25) is 0 Å². The predicted octanol–water partition coefficient (Wildman–Crippen LogP) is -0.693. The second-order valence-electron chi connectivity index (χ2n) is 1.84. The number of nitrogens with two attached hydrogens (primary N) is 1. The van der Waals surface area contributed by atoms with Crippen molar-refractivity contribution >= 4 is 6.09 Å². The van der Waals surface area contributed by atoms with Crippen LogP contribution in [0.4, 0.5) is 4.79 Å². The Morgan fingerprint density at radius 3 is 2.46 bits per heavy atom. The second-order valence-corrected chi connectivity index (χ2v) is 1.84. The highest BCUT2D eigenvalue weighted by Gasteiger charge is 1.95. The van der Waals surface area contributed by atoms with E-state index in [2.05, 4.69) is 15.3 Å². The molecule has 0 aliphatic heterocycles. The van der Waals surface area contributed by atoms with Crippen LogP contribution in [0.3, 0.4) is 0 Å². The number of amides is 1. The number of nitrogens with zero attached hydrogens (tertiary/aromatic N) is 1. The lowest BCUT2D eigenvalue weighted by Crippen LogP contribution is -2.17. The average molecular weight is 194 g/mol. The summed E-state index contributed by atoms with van der Waals surface area (Å²) in [6.45, 7) is 0.0600. The molecule has 0 aromatic heterocycles. The molecule has 8 heteroatoms. The van der Waals surface area contributed by atoms with Crippen LogP contribution < -0.4 is 5.73 Å². The number of carbonyl (C=O) groups excluding carboxylic acids is 1. The van der Waals surface area contributed by atoms with E-state index in [1.807, 2.05) is 0 Å². The fourth-order valence-electron chi connectivity index (χ4n) is 0.474. The molecule has 0 unspecified atom stereocenters. The molecular weight excluding hydrogens is 184 g/mol. The Morgan fingerprint density at radius 2 is 1.92 bits per heavy atom. The molecule has 0 heterocycles. The Labute approximate surface area is 73.6 Å². The zero-order valence-electron chi connectivity index (χ0n) is 6.80. The highest BCUT2D eigenvalue weighted by molar-refractivity contribution is 5.64. The second kappa shape index (κ2) is 7.10. The number of ether oxygens (including phenoxy) is 2. The van der Waals surface area contributed by atoms with Gasteiger partial charge >= 0.3 is 6.09 Å². The molecule has 2 N–H and O–H groups in total. The van der Waals surface area contributed by atoms with Crippen LogP contribution in [0, 0.1) is 10.1 Å². The van der Waals surface area contributed by atoms with Crippen LogP contribution >= 0.6 is 0 Å². The Balaban J connectivity index is 3.00. The van der Waals surface area contributed by atoms with Crippen LogP contribution in [0.25, 0.3) is 0 Å². The third-order valence-electron chi connectivity index (χ3n) is 0.896. The quantitative estimate of drug-likeness (QED) is 0.326. The molecule has 0 aromatic carbocycles. The minimum Gasteiger partial charge on any atom is -0.447 e. The molecule has 0 rings (SSSR count). The van der Waals surface area contributed by atoms with E-state index in [4.69, 9.17) is 4.74 Å². The molecule has 0 fully saturated rings. The van der Waals surface area contributed by atoms with Crippen molar-refractivity contribution in [1.82, 2.24) is 0 Å². The molecule has 8 nitrogen and oxygen atoms in total. The number of hydrogen-bond donors (Lipinski definition) is 1. The Morgan fingerprint density at radius 1 is 1.31 bits per heavy atom. The van der Waals surface area contributed by atoms with Gasteiger partial charge in [-0.25, -0.2) is 4.79 Å². The summed E-state index contributed by atoms with van der Waals surface area (Å²) in [6, 6.07) is 0. The van der Waals surface area contributed by atoms with Gasteiger partial charge in [-0.05, 0) is 0 Å². The highest BCUT2D eigenvalue weighted by atomic mass is 17.0. The molecule has 0 aliphatic carbocycles. The van der Waals surface area contributed by atoms with Gasteiger partial charge in [-0.3, -0.25) is 0 Å². The summed E-state index contributed by atoms with van der Waals surface area (Å²) < 4.78 is 9.08. The summed E-state index contributed by atoms with van der Waals surface area (Å²) in [5.74, 6) is 0. The van der Waals surface area contributed by atoms with Gasteiger partial charge in [0.2, 0.25) is 0 Å². The molecule has 0 radical (unpaired) electrons. The smallest absolute Gasteiger partial charge is 0.404 e. The van der Waals surface area contributed by atoms with E-state index in [-0.39, 0.29) is 26.4 Å². The van der Waals surface area contributed by atoms with E-state index in [0.717, 1.165) is 0 Å². The SMILES string of the molecule is NC(=O)OCCOCCO[N+](=O)[O-]. The van der Waals surface area contributed by atoms with E-state index in [1.165, 1.54) is 0 Å². The van der Waals surface area contributed by atoms with Gasteiger partial charge in [0, 0.05) is 0 Å². The summed E-state index contributed by atoms with van der Waals surface area (Å²) >= 11 is 0. The first-order chi connectivity index (χ1) is 6.13. The zero-order chi connectivity index (χ0) is 10.1. The highest BCUT2D eigenvalue weighted by Crippen LogP contribution is 1.80. The zero-order valence-corrected chi connectivity index (χ0v) is 6.80. The van der Waals surface area contributed by atoms with Gasteiger partial charge < -0.3 is 20.0 Å². The summed E-state index contributed by atoms with van der Waals surface area (Å²) in [4.78, 5) is 23.6. The topological polar surface area (TPSA) is 114 Å². The summed E-state index contributed by atoms with van der Waals surface area (Å²) in [5, 5.41) is 8.71. The number of rotatable bonds is 7. The summed E-state index contributed by atoms with van der Waals surface area (Å²) in [5.41, 5.74) is 4.64. The number of primary amides is 1. The van der Waals surface area contributed by atoms with Gasteiger partial charge in [-0.15, -0.1) is 10.1 Å². The summed E-state index contributed by atoms with van der Waals surface area (Å²) in [7, 11) is 0. The van der Waals surface area contributed by atoms with Crippen molar-refractivity contribution in [3.63, 3.8) is 0 Å². The van der Waals surface area contributed by atoms with Crippen molar-refractivity contribution in [2.45, 2.75) is 0 Å². The maximum Gasteiger partial charge on any atom is 0.404 e. The molecule has 0 bridgehead atoms. The fraction of sp³-hybridized carbons (Fsp3) is 0.800. The lowest BCUT2D eigenvalue weighted by atomic mass is 10.7. The molecule has 0 aromatic rings. The Bertz CT molecular complexity index is 154. The third-order valence-corrected chi connectivity index (χ3v) is 0.896. The summed E-state index contributed by atoms with van der Waals surface area (Å²) in [6.07, 6.45) is -0.884. The standard InChI is InChI=1S/C5H10N2O6/c6-5(8)12-3-1-11-2-4-13-7(9)10/h1-4H2,(H2,6,8). The predicted molar refractivity (Wildman–Crippen MR) is 39.3 cm³/mol. The molecular formula is C5H10N2O6. The molecule has 0 saturated carbocycles. The van der Waals surface area contributed by atoms with Crippen LogP contribution in [-0.4, -0.2) is 37.6 Å².